The van der Waals surface area contributed by atoms with Crippen molar-refractivity contribution in [2.45, 2.75) is 84.5 Å². The molecule has 2 nitrogen and oxygen atoms in total. The molecule has 162 valence electrons. The minimum Gasteiger partial charge on any atom is -0.196 e. The zero-order chi connectivity index (χ0) is 22.0. The summed E-state index contributed by atoms with van der Waals surface area (Å²) in [7, 11) is 0. The number of benzene rings is 2. The van der Waals surface area contributed by atoms with Gasteiger partial charge in [0, 0.05) is 12.5 Å². The van der Waals surface area contributed by atoms with Gasteiger partial charge in [0.15, 0.2) is 5.69 Å². The molecule has 0 amide bonds. The fourth-order valence-corrected chi connectivity index (χ4v) is 6.58. The Morgan fingerprint density at radius 1 is 0.903 bits per heavy atom. The van der Waals surface area contributed by atoms with Gasteiger partial charge in [-0.25, -0.2) is 0 Å². The molecule has 2 heterocycles. The summed E-state index contributed by atoms with van der Waals surface area (Å²) in [6, 6.07) is 18.1. The fourth-order valence-electron chi connectivity index (χ4n) is 6.58. The number of hydrogen-bond acceptors (Lipinski definition) is 0. The molecule has 2 aromatic carbocycles. The highest BCUT2D eigenvalue weighted by Crippen LogP contribution is 2.51. The van der Waals surface area contributed by atoms with Gasteiger partial charge in [0.25, 0.3) is 5.82 Å². The normalized spacial score (nSPS) is 21.2. The summed E-state index contributed by atoms with van der Waals surface area (Å²) in [6.45, 7) is 14.2. The van der Waals surface area contributed by atoms with Crippen molar-refractivity contribution < 1.29 is 4.57 Å². The highest BCUT2D eigenvalue weighted by molar-refractivity contribution is 5.54. The van der Waals surface area contributed by atoms with Crippen LogP contribution >= 0.6 is 0 Å². The van der Waals surface area contributed by atoms with Gasteiger partial charge in [0.2, 0.25) is 0 Å². The van der Waals surface area contributed by atoms with Gasteiger partial charge >= 0.3 is 0 Å². The Bertz CT molecular complexity index is 1140. The van der Waals surface area contributed by atoms with Crippen LogP contribution in [0.1, 0.15) is 88.1 Å². The van der Waals surface area contributed by atoms with Gasteiger partial charge in [0.05, 0.1) is 10.8 Å². The first-order valence-corrected chi connectivity index (χ1v) is 12.1. The number of para-hydroxylation sites is 2. The Balaban J connectivity index is 1.89. The first-order chi connectivity index (χ1) is 14.8. The summed E-state index contributed by atoms with van der Waals surface area (Å²) in [5, 5.41) is 0. The van der Waals surface area contributed by atoms with Crippen molar-refractivity contribution >= 4 is 0 Å². The van der Waals surface area contributed by atoms with E-state index in [-0.39, 0.29) is 10.8 Å². The molecule has 1 atom stereocenters. The van der Waals surface area contributed by atoms with Gasteiger partial charge in [-0.3, -0.25) is 0 Å². The van der Waals surface area contributed by atoms with Crippen LogP contribution in [-0.2, 0) is 10.8 Å². The number of nitrogens with zero attached hydrogens (tertiary/aromatic N) is 2. The Morgan fingerprint density at radius 2 is 1.55 bits per heavy atom. The molecule has 0 N–H and O–H groups in total. The third-order valence-corrected chi connectivity index (χ3v) is 7.97. The zero-order valence-electron chi connectivity index (χ0n) is 20.1. The Labute approximate surface area is 187 Å². The van der Waals surface area contributed by atoms with Gasteiger partial charge in [-0.15, -0.1) is 0 Å². The maximum atomic E-state index is 2.64. The van der Waals surface area contributed by atoms with Crippen LogP contribution in [0, 0.1) is 19.8 Å². The number of rotatable bonds is 2. The van der Waals surface area contributed by atoms with Crippen molar-refractivity contribution in [3.05, 3.63) is 76.9 Å². The highest BCUT2D eigenvalue weighted by atomic mass is 15.2. The van der Waals surface area contributed by atoms with Crippen LogP contribution in [0.5, 0.6) is 0 Å². The van der Waals surface area contributed by atoms with Crippen LogP contribution in [0.25, 0.3) is 11.4 Å². The van der Waals surface area contributed by atoms with E-state index in [1.165, 1.54) is 71.8 Å². The molecule has 0 bridgehead atoms. The smallest absolute Gasteiger partial charge is 0.196 e. The molecular weight excluding hydrogens is 376 g/mol. The number of fused-ring (bicyclic) bond motifs is 3. The minimum absolute atomic E-state index is 0.0101. The molecular formula is C29H37N2+. The SMILES string of the molecule is Cc1ccccc1-n1c(C)c2[n+](c1C(C)(C)C)-c1ccccc1C2(C)C1CCCCC1. The van der Waals surface area contributed by atoms with E-state index in [1.54, 1.807) is 0 Å². The van der Waals surface area contributed by atoms with Crippen molar-refractivity contribution in [1.29, 1.82) is 0 Å². The van der Waals surface area contributed by atoms with Crippen LogP contribution in [-0.4, -0.2) is 4.57 Å². The molecule has 0 spiro atoms. The first-order valence-electron chi connectivity index (χ1n) is 12.1. The van der Waals surface area contributed by atoms with Crippen LogP contribution in [0.4, 0.5) is 0 Å². The molecule has 0 saturated heterocycles. The standard InChI is InChI=1S/C29H37N2/c1-20-14-10-12-18-24(20)30-21(2)26-29(6,22-15-8-7-9-16-22)23-17-11-13-19-25(23)31(26)27(30)28(3,4)5/h10-14,17-19,22H,7-9,15-16H2,1-6H3/q+1. The summed E-state index contributed by atoms with van der Waals surface area (Å²) in [5.41, 5.74) is 8.57. The lowest BCUT2D eigenvalue weighted by Crippen LogP contribution is -2.43. The third kappa shape index (κ3) is 2.87. The predicted octanol–water partition coefficient (Wildman–Crippen LogP) is 6.87. The third-order valence-electron chi connectivity index (χ3n) is 7.97. The highest BCUT2D eigenvalue weighted by Gasteiger charge is 2.55. The average molecular weight is 414 g/mol. The van der Waals surface area contributed by atoms with Crippen LogP contribution in [0.3, 0.4) is 0 Å². The monoisotopic (exact) mass is 413 g/mol. The Kier molecular flexibility index (Phi) is 4.70. The van der Waals surface area contributed by atoms with Crippen LogP contribution < -0.4 is 4.57 Å². The molecule has 0 radical (unpaired) electrons. The van der Waals surface area contributed by atoms with Gasteiger partial charge in [-0.1, -0.05) is 55.7 Å². The lowest BCUT2D eigenvalue weighted by atomic mass is 9.65. The lowest BCUT2D eigenvalue weighted by Gasteiger charge is -2.36. The molecule has 1 saturated carbocycles. The van der Waals surface area contributed by atoms with Crippen molar-refractivity contribution in [3.8, 4) is 11.4 Å². The largest absolute Gasteiger partial charge is 0.272 e. The van der Waals surface area contributed by atoms with E-state index in [0.29, 0.717) is 5.92 Å². The second kappa shape index (κ2) is 7.08. The number of imidazole rings is 1. The van der Waals surface area contributed by atoms with E-state index in [9.17, 15) is 0 Å². The van der Waals surface area contributed by atoms with Crippen molar-refractivity contribution in [3.63, 3.8) is 0 Å². The second-order valence-electron chi connectivity index (χ2n) is 11.0. The van der Waals surface area contributed by atoms with Crippen LogP contribution in [0.15, 0.2) is 48.5 Å². The van der Waals surface area contributed by atoms with Crippen molar-refractivity contribution in [1.82, 2.24) is 4.57 Å². The zero-order valence-corrected chi connectivity index (χ0v) is 20.1. The molecule has 3 aromatic rings. The quantitative estimate of drug-likeness (QED) is 0.405. The van der Waals surface area contributed by atoms with E-state index in [4.69, 9.17) is 0 Å². The summed E-state index contributed by atoms with van der Waals surface area (Å²) in [6.07, 6.45) is 6.80. The lowest BCUT2D eigenvalue weighted by molar-refractivity contribution is -0.612. The van der Waals surface area contributed by atoms with Crippen molar-refractivity contribution in [2.75, 3.05) is 0 Å². The molecule has 1 aliphatic carbocycles. The number of hydrogen-bond donors (Lipinski definition) is 0. The van der Waals surface area contributed by atoms with E-state index in [1.807, 2.05) is 0 Å². The number of aryl methyl sites for hydroxylation is 1. The molecule has 1 unspecified atom stereocenters. The molecule has 1 aliphatic heterocycles. The molecule has 1 aromatic heterocycles. The minimum atomic E-state index is 0.0101. The number of aromatic nitrogens is 2. The first kappa shape index (κ1) is 20.5. The average Bonchev–Trinajstić information content (AvgIpc) is 3.21. The Morgan fingerprint density at radius 3 is 2.23 bits per heavy atom. The topological polar surface area (TPSA) is 8.81 Å². The fraction of sp³-hybridized carbons (Fsp3) is 0.483. The second-order valence-corrected chi connectivity index (χ2v) is 11.0. The summed E-state index contributed by atoms with van der Waals surface area (Å²) in [5.74, 6) is 2.09. The van der Waals surface area contributed by atoms with Crippen molar-refractivity contribution in [2.24, 2.45) is 5.92 Å². The molecule has 2 aliphatic rings. The van der Waals surface area contributed by atoms with E-state index in [2.05, 4.69) is 99.2 Å². The summed E-state index contributed by atoms with van der Waals surface area (Å²) >= 11 is 0. The molecule has 31 heavy (non-hydrogen) atoms. The van der Waals surface area contributed by atoms with Gasteiger partial charge in [0.1, 0.15) is 17.1 Å². The van der Waals surface area contributed by atoms with Gasteiger partial charge in [-0.05, 0) is 71.1 Å². The maximum absolute atomic E-state index is 2.64. The molecule has 2 heteroatoms. The molecule has 1 fully saturated rings. The maximum Gasteiger partial charge on any atom is 0.272 e. The van der Waals surface area contributed by atoms with E-state index in [0.717, 1.165) is 0 Å². The van der Waals surface area contributed by atoms with E-state index >= 15 is 0 Å². The summed E-state index contributed by atoms with van der Waals surface area (Å²) < 4.78 is 5.22. The van der Waals surface area contributed by atoms with Gasteiger partial charge in [-0.2, -0.15) is 9.13 Å². The predicted molar refractivity (Wildman–Crippen MR) is 129 cm³/mol. The summed E-state index contributed by atoms with van der Waals surface area (Å²) in [4.78, 5) is 0. The van der Waals surface area contributed by atoms with Crippen LogP contribution in [0.2, 0.25) is 0 Å². The Hall–Kier alpha value is -2.35. The molecule has 5 rings (SSSR count). The van der Waals surface area contributed by atoms with Gasteiger partial charge < -0.3 is 0 Å². The van der Waals surface area contributed by atoms with E-state index < -0.39 is 0 Å².